The summed E-state index contributed by atoms with van der Waals surface area (Å²) in [5.41, 5.74) is 0.926. The molecule has 0 aliphatic heterocycles. The molecule has 0 spiro atoms. The van der Waals surface area contributed by atoms with Crippen LogP contribution in [0.25, 0.3) is 0 Å². The van der Waals surface area contributed by atoms with Crippen molar-refractivity contribution in [1.82, 2.24) is 19.7 Å². The first kappa shape index (κ1) is 17.8. The number of carbonyl (C=O) groups excluding carboxylic acids is 1. The first-order valence-corrected chi connectivity index (χ1v) is 9.11. The number of carbonyl (C=O) groups is 1. The molecular weight excluding hydrogens is 381 g/mol. The van der Waals surface area contributed by atoms with E-state index in [1.54, 1.807) is 23.3 Å². The lowest BCUT2D eigenvalue weighted by atomic mass is 10.1. The highest BCUT2D eigenvalue weighted by Gasteiger charge is 2.16. The molecule has 9 heteroatoms. The summed E-state index contributed by atoms with van der Waals surface area (Å²) in [6.45, 7) is 2.29. The van der Waals surface area contributed by atoms with Crippen LogP contribution in [0.3, 0.4) is 0 Å². The Morgan fingerprint density at radius 2 is 2.24 bits per heavy atom. The summed E-state index contributed by atoms with van der Waals surface area (Å²) < 4.78 is 1.62. The molecule has 0 aliphatic carbocycles. The summed E-state index contributed by atoms with van der Waals surface area (Å²) in [6, 6.07) is 5.54. The van der Waals surface area contributed by atoms with Gasteiger partial charge in [0, 0.05) is 17.5 Å². The quantitative estimate of drug-likeness (QED) is 0.686. The van der Waals surface area contributed by atoms with E-state index in [1.165, 1.54) is 17.7 Å². The smallest absolute Gasteiger partial charge is 0.230 e. The Balaban J connectivity index is 1.61. The highest BCUT2D eigenvalue weighted by atomic mass is 35.5. The predicted octanol–water partition coefficient (Wildman–Crippen LogP) is 3.91. The molecule has 0 bridgehead atoms. The Morgan fingerprint density at radius 1 is 1.40 bits per heavy atom. The molecule has 6 nitrogen and oxygen atoms in total. The topological polar surface area (TPSA) is 72.7 Å². The van der Waals surface area contributed by atoms with E-state index in [4.69, 9.17) is 23.2 Å². The lowest BCUT2D eigenvalue weighted by Crippen LogP contribution is -2.24. The van der Waals surface area contributed by atoms with Crippen molar-refractivity contribution in [2.45, 2.75) is 19.9 Å². The molecule has 1 atom stereocenters. The molecule has 0 radical (unpaired) electrons. The first-order chi connectivity index (χ1) is 12.0. The molecule has 130 valence electrons. The lowest BCUT2D eigenvalue weighted by Gasteiger charge is -2.10. The van der Waals surface area contributed by atoms with Crippen molar-refractivity contribution < 1.29 is 4.79 Å². The summed E-state index contributed by atoms with van der Waals surface area (Å²) in [6.07, 6.45) is 5.37. The minimum atomic E-state index is -0.253. The minimum absolute atomic E-state index is 0.114. The van der Waals surface area contributed by atoms with Gasteiger partial charge in [0.05, 0.1) is 22.5 Å². The van der Waals surface area contributed by atoms with E-state index in [-0.39, 0.29) is 11.8 Å². The van der Waals surface area contributed by atoms with Gasteiger partial charge in [0.2, 0.25) is 5.91 Å². The minimum Gasteiger partial charge on any atom is -0.302 e. The maximum absolute atomic E-state index is 12.3. The van der Waals surface area contributed by atoms with E-state index in [0.29, 0.717) is 28.1 Å². The molecule has 1 aromatic carbocycles. The highest BCUT2D eigenvalue weighted by Crippen LogP contribution is 2.29. The van der Waals surface area contributed by atoms with Gasteiger partial charge in [-0.15, -0.1) is 11.3 Å². The third-order valence-corrected chi connectivity index (χ3v) is 5.33. The number of halogens is 2. The summed E-state index contributed by atoms with van der Waals surface area (Å²) in [5.74, 6) is -0.367. The SMILES string of the molecule is C[C@@H](Cn1cncn1)C(=O)Nc1ncc(Cc2cccc(Cl)c2Cl)s1. The summed E-state index contributed by atoms with van der Waals surface area (Å²) in [4.78, 5) is 21.4. The average Bonchev–Trinajstić information content (AvgIpc) is 3.24. The van der Waals surface area contributed by atoms with E-state index in [1.807, 2.05) is 19.1 Å². The number of amides is 1. The van der Waals surface area contributed by atoms with Gasteiger partial charge in [-0.2, -0.15) is 5.10 Å². The second kappa shape index (κ2) is 7.95. The van der Waals surface area contributed by atoms with Gasteiger partial charge in [-0.05, 0) is 11.6 Å². The monoisotopic (exact) mass is 395 g/mol. The summed E-state index contributed by atoms with van der Waals surface area (Å²) >= 11 is 13.7. The van der Waals surface area contributed by atoms with Crippen LogP contribution in [0.4, 0.5) is 5.13 Å². The average molecular weight is 396 g/mol. The highest BCUT2D eigenvalue weighted by molar-refractivity contribution is 7.15. The predicted molar refractivity (Wildman–Crippen MR) is 99.2 cm³/mol. The van der Waals surface area contributed by atoms with Crippen LogP contribution >= 0.6 is 34.5 Å². The Morgan fingerprint density at radius 3 is 3.00 bits per heavy atom. The molecule has 1 amide bonds. The van der Waals surface area contributed by atoms with E-state index < -0.39 is 0 Å². The van der Waals surface area contributed by atoms with Gasteiger partial charge in [0.15, 0.2) is 5.13 Å². The van der Waals surface area contributed by atoms with Gasteiger partial charge < -0.3 is 5.32 Å². The van der Waals surface area contributed by atoms with Crippen molar-refractivity contribution in [1.29, 1.82) is 0 Å². The molecular formula is C16H15Cl2N5OS. The fraction of sp³-hybridized carbons (Fsp3) is 0.250. The molecule has 1 N–H and O–H groups in total. The van der Waals surface area contributed by atoms with Gasteiger partial charge >= 0.3 is 0 Å². The summed E-state index contributed by atoms with van der Waals surface area (Å²) in [7, 11) is 0. The largest absolute Gasteiger partial charge is 0.302 e. The number of nitrogens with one attached hydrogen (secondary N) is 1. The van der Waals surface area contributed by atoms with Crippen LogP contribution in [0, 0.1) is 5.92 Å². The molecule has 0 aliphatic rings. The number of nitrogens with zero attached hydrogens (tertiary/aromatic N) is 4. The van der Waals surface area contributed by atoms with E-state index in [9.17, 15) is 4.79 Å². The first-order valence-electron chi connectivity index (χ1n) is 7.54. The maximum Gasteiger partial charge on any atom is 0.230 e. The van der Waals surface area contributed by atoms with Crippen LogP contribution < -0.4 is 5.32 Å². The molecule has 3 rings (SSSR count). The van der Waals surface area contributed by atoms with Crippen molar-refractivity contribution >= 4 is 45.6 Å². The Bertz CT molecular complexity index is 865. The van der Waals surface area contributed by atoms with Gasteiger partial charge in [-0.1, -0.05) is 42.3 Å². The molecule has 0 saturated carbocycles. The number of aromatic nitrogens is 4. The fourth-order valence-electron chi connectivity index (χ4n) is 2.24. The van der Waals surface area contributed by atoms with Crippen LogP contribution in [-0.2, 0) is 17.8 Å². The van der Waals surface area contributed by atoms with Crippen molar-refractivity contribution in [3.05, 3.63) is 57.5 Å². The molecule has 0 saturated heterocycles. The van der Waals surface area contributed by atoms with Gasteiger partial charge in [-0.3, -0.25) is 9.48 Å². The Hall–Kier alpha value is -1.96. The standard InChI is InChI=1S/C16H15Cl2N5OS/c1-10(7-23-9-19-8-21-23)15(24)22-16-20-6-12(25-16)5-11-3-2-4-13(17)14(11)18/h2-4,6,8-10H,5,7H2,1H3,(H,20,22,24)/t10-/m0/s1. The second-order valence-corrected chi connectivity index (χ2v) is 7.43. The van der Waals surface area contributed by atoms with Gasteiger partial charge in [0.1, 0.15) is 12.7 Å². The number of hydrogen-bond donors (Lipinski definition) is 1. The van der Waals surface area contributed by atoms with Crippen molar-refractivity contribution in [3.63, 3.8) is 0 Å². The van der Waals surface area contributed by atoms with E-state index >= 15 is 0 Å². The zero-order valence-electron chi connectivity index (χ0n) is 13.3. The molecule has 2 heterocycles. The van der Waals surface area contributed by atoms with E-state index in [0.717, 1.165) is 10.4 Å². The second-order valence-electron chi connectivity index (χ2n) is 5.53. The van der Waals surface area contributed by atoms with Crippen LogP contribution in [-0.4, -0.2) is 25.7 Å². The number of anilines is 1. The summed E-state index contributed by atoms with van der Waals surface area (Å²) in [5, 5.41) is 8.47. The number of hydrogen-bond acceptors (Lipinski definition) is 5. The van der Waals surface area contributed by atoms with Crippen LogP contribution in [0.15, 0.2) is 37.1 Å². The maximum atomic E-state index is 12.3. The molecule has 25 heavy (non-hydrogen) atoms. The normalized spacial score (nSPS) is 12.1. The van der Waals surface area contributed by atoms with E-state index in [2.05, 4.69) is 20.4 Å². The van der Waals surface area contributed by atoms with Crippen molar-refractivity contribution in [3.8, 4) is 0 Å². The molecule has 3 aromatic rings. The molecule has 2 aromatic heterocycles. The molecule has 0 unspecified atom stereocenters. The third kappa shape index (κ3) is 4.56. The lowest BCUT2D eigenvalue weighted by molar-refractivity contribution is -0.119. The van der Waals surface area contributed by atoms with Crippen LogP contribution in [0.2, 0.25) is 10.0 Å². The van der Waals surface area contributed by atoms with Crippen molar-refractivity contribution in [2.75, 3.05) is 5.32 Å². The van der Waals surface area contributed by atoms with Gasteiger partial charge in [-0.25, -0.2) is 9.97 Å². The Kier molecular flexibility index (Phi) is 5.67. The zero-order valence-corrected chi connectivity index (χ0v) is 15.6. The molecule has 0 fully saturated rings. The third-order valence-electron chi connectivity index (χ3n) is 3.56. The zero-order chi connectivity index (χ0) is 17.8. The number of thiazole rings is 1. The van der Waals surface area contributed by atoms with Crippen LogP contribution in [0.1, 0.15) is 17.4 Å². The fourth-order valence-corrected chi connectivity index (χ4v) is 3.46. The number of benzene rings is 1. The Labute approximate surface area is 158 Å². The van der Waals surface area contributed by atoms with Crippen molar-refractivity contribution in [2.24, 2.45) is 5.92 Å². The van der Waals surface area contributed by atoms with Crippen LogP contribution in [0.5, 0.6) is 0 Å². The van der Waals surface area contributed by atoms with Gasteiger partial charge in [0.25, 0.3) is 0 Å². The number of rotatable bonds is 6.